The van der Waals surface area contributed by atoms with Crippen LogP contribution in [0.25, 0.3) is 0 Å². The van der Waals surface area contributed by atoms with Crippen molar-refractivity contribution in [2.75, 3.05) is 13.6 Å². The van der Waals surface area contributed by atoms with Crippen LogP contribution in [0.2, 0.25) is 0 Å². The van der Waals surface area contributed by atoms with Crippen LogP contribution in [-0.4, -0.2) is 30.2 Å². The highest BCUT2D eigenvalue weighted by Gasteiger charge is 2.44. The second-order valence-electron chi connectivity index (χ2n) is 6.32. The number of Topliss-reactive ketones (excluding diaryl/α,β-unsaturated/α-hetero) is 1. The molecule has 1 aliphatic carbocycles. The monoisotopic (exact) mass is 253 g/mol. The molecular formula is C15H27NO2. The molecule has 0 aromatic rings. The van der Waals surface area contributed by atoms with Gasteiger partial charge in [-0.2, -0.15) is 0 Å². The lowest BCUT2D eigenvalue weighted by atomic mass is 9.62. The van der Waals surface area contributed by atoms with Gasteiger partial charge in [0.25, 0.3) is 0 Å². The highest BCUT2D eigenvalue weighted by molar-refractivity contribution is 5.87. The number of nitrogens with zero attached hydrogens (tertiary/aromatic N) is 1. The van der Waals surface area contributed by atoms with E-state index in [1.807, 2.05) is 34.7 Å². The Morgan fingerprint density at radius 3 is 2.00 bits per heavy atom. The van der Waals surface area contributed by atoms with Gasteiger partial charge in [-0.1, -0.05) is 34.1 Å². The van der Waals surface area contributed by atoms with Gasteiger partial charge in [0.1, 0.15) is 5.78 Å². The number of rotatable bonds is 6. The van der Waals surface area contributed by atoms with Gasteiger partial charge in [0, 0.05) is 30.8 Å². The van der Waals surface area contributed by atoms with E-state index in [0.29, 0.717) is 12.3 Å². The molecule has 0 N–H and O–H groups in total. The summed E-state index contributed by atoms with van der Waals surface area (Å²) in [6.07, 6.45) is 4.00. The molecule has 0 aromatic heterocycles. The molecule has 0 aromatic carbocycles. The molecule has 0 atom stereocenters. The first-order chi connectivity index (χ1) is 8.30. The summed E-state index contributed by atoms with van der Waals surface area (Å²) in [5, 5.41) is 0. The van der Waals surface area contributed by atoms with E-state index in [2.05, 4.69) is 0 Å². The van der Waals surface area contributed by atoms with Gasteiger partial charge < -0.3 is 4.90 Å². The third kappa shape index (κ3) is 3.12. The fourth-order valence-electron chi connectivity index (χ4n) is 2.77. The van der Waals surface area contributed by atoms with Crippen molar-refractivity contribution in [1.29, 1.82) is 0 Å². The van der Waals surface area contributed by atoms with Crippen LogP contribution in [0.4, 0.5) is 0 Å². The molecule has 3 heteroatoms. The molecule has 0 spiro atoms. The van der Waals surface area contributed by atoms with E-state index >= 15 is 0 Å². The Balaban J connectivity index is 2.55. The zero-order valence-corrected chi connectivity index (χ0v) is 12.5. The predicted molar refractivity (Wildman–Crippen MR) is 73.2 cm³/mol. The van der Waals surface area contributed by atoms with Crippen LogP contribution in [0.1, 0.15) is 53.4 Å². The van der Waals surface area contributed by atoms with Crippen LogP contribution < -0.4 is 0 Å². The first-order valence-corrected chi connectivity index (χ1v) is 7.09. The van der Waals surface area contributed by atoms with Gasteiger partial charge >= 0.3 is 0 Å². The second-order valence-corrected chi connectivity index (χ2v) is 6.32. The largest absolute Gasteiger partial charge is 0.346 e. The molecule has 0 radical (unpaired) electrons. The first kappa shape index (κ1) is 15.2. The van der Waals surface area contributed by atoms with Gasteiger partial charge in [-0.05, 0) is 19.3 Å². The van der Waals surface area contributed by atoms with E-state index in [0.717, 1.165) is 25.7 Å². The Bertz CT molecular complexity index is 316. The molecule has 1 aliphatic rings. The SMILES string of the molecule is CC(C)C(=O)N(C)CCC1(C(=O)C(C)C)CCC1. The number of amides is 1. The Kier molecular flexibility index (Phi) is 4.94. The Morgan fingerprint density at radius 1 is 1.11 bits per heavy atom. The third-order valence-corrected chi connectivity index (χ3v) is 4.15. The van der Waals surface area contributed by atoms with E-state index in [4.69, 9.17) is 0 Å². The molecule has 0 bridgehead atoms. The van der Waals surface area contributed by atoms with Crippen molar-refractivity contribution in [1.82, 2.24) is 4.90 Å². The van der Waals surface area contributed by atoms with Crippen molar-refractivity contribution >= 4 is 11.7 Å². The standard InChI is InChI=1S/C15H27NO2/c1-11(2)13(17)15(7-6-8-15)9-10-16(5)14(18)12(3)4/h11-12H,6-10H2,1-5H3. The predicted octanol–water partition coefficient (Wildman–Crippen LogP) is 2.89. The van der Waals surface area contributed by atoms with Gasteiger partial charge in [0.05, 0.1) is 0 Å². The van der Waals surface area contributed by atoms with E-state index in [9.17, 15) is 9.59 Å². The highest BCUT2D eigenvalue weighted by atomic mass is 16.2. The summed E-state index contributed by atoms with van der Waals surface area (Å²) in [6.45, 7) is 8.49. The topological polar surface area (TPSA) is 37.4 Å². The minimum atomic E-state index is -0.125. The zero-order chi connectivity index (χ0) is 13.9. The molecule has 0 heterocycles. The molecule has 18 heavy (non-hydrogen) atoms. The molecule has 3 nitrogen and oxygen atoms in total. The average Bonchev–Trinajstić information content (AvgIpc) is 2.25. The molecule has 1 fully saturated rings. The van der Waals surface area contributed by atoms with E-state index < -0.39 is 0 Å². The number of ketones is 1. The van der Waals surface area contributed by atoms with Crippen LogP contribution in [0.15, 0.2) is 0 Å². The number of carbonyl (C=O) groups excluding carboxylic acids is 2. The van der Waals surface area contributed by atoms with Gasteiger partial charge in [-0.25, -0.2) is 0 Å². The number of carbonyl (C=O) groups is 2. The molecule has 1 saturated carbocycles. The van der Waals surface area contributed by atoms with E-state index in [1.165, 1.54) is 0 Å². The minimum absolute atomic E-state index is 0.0353. The molecule has 0 unspecified atom stereocenters. The van der Waals surface area contributed by atoms with Crippen LogP contribution in [-0.2, 0) is 9.59 Å². The zero-order valence-electron chi connectivity index (χ0n) is 12.5. The molecule has 104 valence electrons. The third-order valence-electron chi connectivity index (χ3n) is 4.15. The fraction of sp³-hybridized carbons (Fsp3) is 0.867. The second kappa shape index (κ2) is 5.85. The highest BCUT2D eigenvalue weighted by Crippen LogP contribution is 2.46. The quantitative estimate of drug-likeness (QED) is 0.730. The Hall–Kier alpha value is -0.860. The summed E-state index contributed by atoms with van der Waals surface area (Å²) in [5.41, 5.74) is -0.125. The lowest BCUT2D eigenvalue weighted by Gasteiger charge is -2.42. The summed E-state index contributed by atoms with van der Waals surface area (Å²) < 4.78 is 0. The van der Waals surface area contributed by atoms with Crippen LogP contribution in [0.3, 0.4) is 0 Å². The van der Waals surface area contributed by atoms with Crippen LogP contribution in [0, 0.1) is 17.3 Å². The van der Waals surface area contributed by atoms with Crippen molar-refractivity contribution in [3.63, 3.8) is 0 Å². The average molecular weight is 253 g/mol. The summed E-state index contributed by atoms with van der Waals surface area (Å²) in [4.78, 5) is 25.8. The lowest BCUT2D eigenvalue weighted by molar-refractivity contribution is -0.140. The maximum atomic E-state index is 12.3. The van der Waals surface area contributed by atoms with Gasteiger partial charge in [0.15, 0.2) is 0 Å². The van der Waals surface area contributed by atoms with Crippen molar-refractivity contribution in [3.05, 3.63) is 0 Å². The molecule has 0 aliphatic heterocycles. The minimum Gasteiger partial charge on any atom is -0.346 e. The summed E-state index contributed by atoms with van der Waals surface area (Å²) in [6, 6.07) is 0. The summed E-state index contributed by atoms with van der Waals surface area (Å²) in [5.74, 6) is 0.699. The van der Waals surface area contributed by atoms with E-state index in [1.54, 1.807) is 4.90 Å². The Labute approximate surface area is 111 Å². The molecule has 0 saturated heterocycles. The normalized spacial score (nSPS) is 17.7. The fourth-order valence-corrected chi connectivity index (χ4v) is 2.77. The summed E-state index contributed by atoms with van der Waals surface area (Å²) >= 11 is 0. The number of hydrogen-bond donors (Lipinski definition) is 0. The van der Waals surface area contributed by atoms with Crippen molar-refractivity contribution in [2.24, 2.45) is 17.3 Å². The van der Waals surface area contributed by atoms with Gasteiger partial charge in [0.2, 0.25) is 5.91 Å². The Morgan fingerprint density at radius 2 is 1.67 bits per heavy atom. The number of hydrogen-bond acceptors (Lipinski definition) is 2. The van der Waals surface area contributed by atoms with Gasteiger partial charge in [-0.15, -0.1) is 0 Å². The van der Waals surface area contributed by atoms with E-state index in [-0.39, 0.29) is 23.2 Å². The smallest absolute Gasteiger partial charge is 0.224 e. The van der Waals surface area contributed by atoms with Crippen LogP contribution >= 0.6 is 0 Å². The maximum Gasteiger partial charge on any atom is 0.224 e. The van der Waals surface area contributed by atoms with Gasteiger partial charge in [-0.3, -0.25) is 9.59 Å². The molecule has 1 amide bonds. The van der Waals surface area contributed by atoms with Crippen molar-refractivity contribution in [3.8, 4) is 0 Å². The maximum absolute atomic E-state index is 12.3. The molecular weight excluding hydrogens is 226 g/mol. The molecule has 1 rings (SSSR count). The van der Waals surface area contributed by atoms with Crippen molar-refractivity contribution < 1.29 is 9.59 Å². The van der Waals surface area contributed by atoms with Crippen molar-refractivity contribution in [2.45, 2.75) is 53.4 Å². The summed E-state index contributed by atoms with van der Waals surface area (Å²) in [7, 11) is 1.84. The lowest BCUT2D eigenvalue weighted by Crippen LogP contribution is -2.44. The van der Waals surface area contributed by atoms with Crippen LogP contribution in [0.5, 0.6) is 0 Å². The first-order valence-electron chi connectivity index (χ1n) is 7.09.